The molecule has 33 heavy (non-hydrogen) atoms. The zero-order valence-corrected chi connectivity index (χ0v) is 17.4. The molecule has 170 valence electrons. The molecule has 0 saturated carbocycles. The van der Waals surface area contributed by atoms with Gasteiger partial charge in [0.05, 0.1) is 12.0 Å². The van der Waals surface area contributed by atoms with Gasteiger partial charge >= 0.3 is 18.0 Å². The zero-order chi connectivity index (χ0) is 24.0. The third kappa shape index (κ3) is 6.39. The highest BCUT2D eigenvalue weighted by Gasteiger charge is 2.30. The van der Waals surface area contributed by atoms with Crippen molar-refractivity contribution >= 4 is 45.6 Å². The van der Waals surface area contributed by atoms with Gasteiger partial charge in [0.1, 0.15) is 0 Å². The normalized spacial score (nSPS) is 11.7. The predicted molar refractivity (Wildman–Crippen MR) is 119 cm³/mol. The number of halogens is 3. The van der Waals surface area contributed by atoms with Gasteiger partial charge in [0, 0.05) is 22.5 Å². The number of carbonyl (C=O) groups is 3. The van der Waals surface area contributed by atoms with Gasteiger partial charge in [-0.15, -0.1) is 0 Å². The summed E-state index contributed by atoms with van der Waals surface area (Å²) in [6.07, 6.45) is -4.84. The van der Waals surface area contributed by atoms with Crippen LogP contribution < -0.4 is 16.1 Å². The molecule has 0 fully saturated rings. The van der Waals surface area contributed by atoms with Gasteiger partial charge in [-0.25, -0.2) is 5.43 Å². The van der Waals surface area contributed by atoms with Gasteiger partial charge in [-0.1, -0.05) is 42.5 Å². The standard InChI is InChI=1S/C23H19F3N4O3/c1-14(12-20(31)27-17-9-5-8-16(13-17)23(24,25)26)29-30-22(33)21(32)28-19-11-4-7-15-6-2-3-10-18(15)19/h2-11,13H,12H2,1H3,(H,27,31)(H,28,32)(H,30,33)/b29-14+. The van der Waals surface area contributed by atoms with E-state index in [1.54, 1.807) is 24.3 Å². The maximum Gasteiger partial charge on any atom is 0.416 e. The van der Waals surface area contributed by atoms with Gasteiger partial charge in [-0.3, -0.25) is 14.4 Å². The lowest BCUT2D eigenvalue weighted by atomic mass is 10.1. The lowest BCUT2D eigenvalue weighted by Gasteiger charge is -2.10. The molecule has 0 bridgehead atoms. The molecular formula is C23H19F3N4O3. The molecule has 10 heteroatoms. The molecule has 7 nitrogen and oxygen atoms in total. The molecule has 0 unspecified atom stereocenters. The summed E-state index contributed by atoms with van der Waals surface area (Å²) >= 11 is 0. The summed E-state index contributed by atoms with van der Waals surface area (Å²) in [5.41, 5.74) is 1.73. The van der Waals surface area contributed by atoms with E-state index in [1.165, 1.54) is 19.1 Å². The molecule has 0 heterocycles. The van der Waals surface area contributed by atoms with Crippen LogP contribution in [0.3, 0.4) is 0 Å². The van der Waals surface area contributed by atoms with Crippen LogP contribution in [0.5, 0.6) is 0 Å². The Morgan fingerprint density at radius 1 is 0.879 bits per heavy atom. The minimum Gasteiger partial charge on any atom is -0.326 e. The van der Waals surface area contributed by atoms with Gasteiger partial charge in [0.15, 0.2) is 0 Å². The van der Waals surface area contributed by atoms with Gasteiger partial charge in [0.25, 0.3) is 0 Å². The minimum absolute atomic E-state index is 0.0267. The topological polar surface area (TPSA) is 99.7 Å². The van der Waals surface area contributed by atoms with Crippen LogP contribution in [0.1, 0.15) is 18.9 Å². The lowest BCUT2D eigenvalue weighted by Crippen LogP contribution is -2.33. The average molecular weight is 456 g/mol. The van der Waals surface area contributed by atoms with E-state index in [0.29, 0.717) is 5.69 Å². The van der Waals surface area contributed by atoms with Crippen molar-refractivity contribution in [2.24, 2.45) is 5.10 Å². The number of hydrogen-bond acceptors (Lipinski definition) is 4. The number of rotatable bonds is 5. The first-order valence-electron chi connectivity index (χ1n) is 9.73. The number of nitrogens with one attached hydrogen (secondary N) is 3. The highest BCUT2D eigenvalue weighted by Crippen LogP contribution is 2.30. The summed E-state index contributed by atoms with van der Waals surface area (Å²) in [5.74, 6) is -2.62. The summed E-state index contributed by atoms with van der Waals surface area (Å²) in [4.78, 5) is 36.3. The molecular weight excluding hydrogens is 437 g/mol. The SMILES string of the molecule is C/C(CC(=O)Nc1cccc(C(F)(F)F)c1)=N\NC(=O)C(=O)Nc1cccc2ccccc12. The van der Waals surface area contributed by atoms with E-state index < -0.39 is 29.5 Å². The first-order valence-corrected chi connectivity index (χ1v) is 9.73. The molecule has 0 aliphatic rings. The van der Waals surface area contributed by atoms with Crippen LogP contribution in [0.25, 0.3) is 10.8 Å². The average Bonchev–Trinajstić information content (AvgIpc) is 2.77. The summed E-state index contributed by atoms with van der Waals surface area (Å²) in [6.45, 7) is 1.43. The lowest BCUT2D eigenvalue weighted by molar-refractivity contribution is -0.137. The molecule has 3 aromatic rings. The quantitative estimate of drug-likeness (QED) is 0.303. The third-order valence-corrected chi connectivity index (χ3v) is 4.48. The highest BCUT2D eigenvalue weighted by molar-refractivity contribution is 6.40. The number of amides is 3. The smallest absolute Gasteiger partial charge is 0.326 e. The number of hydrogen-bond donors (Lipinski definition) is 3. The van der Waals surface area contributed by atoms with Gasteiger partial charge in [-0.2, -0.15) is 18.3 Å². The van der Waals surface area contributed by atoms with E-state index in [2.05, 4.69) is 21.2 Å². The first kappa shape index (κ1) is 23.5. The Labute approximate surface area is 186 Å². The van der Waals surface area contributed by atoms with Crippen molar-refractivity contribution in [3.63, 3.8) is 0 Å². The maximum atomic E-state index is 12.8. The molecule has 0 aliphatic carbocycles. The third-order valence-electron chi connectivity index (χ3n) is 4.48. The maximum absolute atomic E-state index is 12.8. The second-order valence-electron chi connectivity index (χ2n) is 7.07. The molecule has 0 aromatic heterocycles. The van der Waals surface area contributed by atoms with Crippen molar-refractivity contribution in [1.29, 1.82) is 0 Å². The van der Waals surface area contributed by atoms with Crippen LogP contribution in [0.2, 0.25) is 0 Å². The summed E-state index contributed by atoms with van der Waals surface area (Å²) in [5, 5.41) is 10.2. The minimum atomic E-state index is -4.53. The van der Waals surface area contributed by atoms with Gasteiger partial charge in [-0.05, 0) is 36.6 Å². The van der Waals surface area contributed by atoms with E-state index in [0.717, 1.165) is 22.9 Å². The van der Waals surface area contributed by atoms with E-state index in [9.17, 15) is 27.6 Å². The van der Waals surface area contributed by atoms with E-state index in [-0.39, 0.29) is 17.8 Å². The van der Waals surface area contributed by atoms with Crippen LogP contribution in [0, 0.1) is 0 Å². The van der Waals surface area contributed by atoms with Crippen molar-refractivity contribution in [1.82, 2.24) is 5.43 Å². The molecule has 0 saturated heterocycles. The number of anilines is 2. The van der Waals surface area contributed by atoms with Gasteiger partial charge in [0.2, 0.25) is 5.91 Å². The Morgan fingerprint density at radius 2 is 1.58 bits per heavy atom. The summed E-state index contributed by atoms with van der Waals surface area (Å²) < 4.78 is 38.3. The number of benzene rings is 3. The Balaban J connectivity index is 1.55. The summed E-state index contributed by atoms with van der Waals surface area (Å²) in [7, 11) is 0. The molecule has 0 spiro atoms. The monoisotopic (exact) mass is 456 g/mol. The highest BCUT2D eigenvalue weighted by atomic mass is 19.4. The molecule has 0 radical (unpaired) electrons. The van der Waals surface area contributed by atoms with Crippen LogP contribution in [-0.2, 0) is 20.6 Å². The van der Waals surface area contributed by atoms with E-state index >= 15 is 0 Å². The Morgan fingerprint density at radius 3 is 2.33 bits per heavy atom. The van der Waals surface area contributed by atoms with Crippen molar-refractivity contribution in [3.05, 3.63) is 72.3 Å². The molecule has 0 aliphatic heterocycles. The fourth-order valence-electron chi connectivity index (χ4n) is 2.96. The van der Waals surface area contributed by atoms with Crippen molar-refractivity contribution < 1.29 is 27.6 Å². The molecule has 3 rings (SSSR count). The summed E-state index contributed by atoms with van der Waals surface area (Å²) in [6, 6.07) is 16.8. The fourth-order valence-corrected chi connectivity index (χ4v) is 2.96. The Bertz CT molecular complexity index is 1230. The number of nitrogens with zero attached hydrogens (tertiary/aromatic N) is 1. The van der Waals surface area contributed by atoms with Crippen LogP contribution >= 0.6 is 0 Å². The molecule has 3 aromatic carbocycles. The van der Waals surface area contributed by atoms with E-state index in [4.69, 9.17) is 0 Å². The molecule has 0 atom stereocenters. The van der Waals surface area contributed by atoms with Crippen LogP contribution in [0.15, 0.2) is 71.8 Å². The van der Waals surface area contributed by atoms with Crippen molar-refractivity contribution in [2.75, 3.05) is 10.6 Å². The van der Waals surface area contributed by atoms with E-state index in [1.807, 2.05) is 18.2 Å². The first-order chi connectivity index (χ1) is 15.6. The van der Waals surface area contributed by atoms with Crippen molar-refractivity contribution in [3.8, 4) is 0 Å². The Hall–Kier alpha value is -4.21. The number of hydrazone groups is 1. The molecule has 3 amide bonds. The van der Waals surface area contributed by atoms with Gasteiger partial charge < -0.3 is 10.6 Å². The van der Waals surface area contributed by atoms with Crippen LogP contribution in [-0.4, -0.2) is 23.4 Å². The second kappa shape index (κ2) is 9.94. The number of carbonyl (C=O) groups excluding carboxylic acids is 3. The molecule has 3 N–H and O–H groups in total. The number of fused-ring (bicyclic) bond motifs is 1. The Kier molecular flexibility index (Phi) is 7.07. The fraction of sp³-hybridized carbons (Fsp3) is 0.130. The predicted octanol–water partition coefficient (Wildman–Crippen LogP) is 4.32. The van der Waals surface area contributed by atoms with Crippen molar-refractivity contribution in [2.45, 2.75) is 19.5 Å². The van der Waals surface area contributed by atoms with Crippen LogP contribution in [0.4, 0.5) is 24.5 Å². The zero-order valence-electron chi connectivity index (χ0n) is 17.4. The second-order valence-corrected chi connectivity index (χ2v) is 7.07. The number of alkyl halides is 3. The largest absolute Gasteiger partial charge is 0.416 e.